The second kappa shape index (κ2) is 9.65. The van der Waals surface area contributed by atoms with Gasteiger partial charge in [-0.25, -0.2) is 16.8 Å². The van der Waals surface area contributed by atoms with E-state index in [-0.39, 0.29) is 9.79 Å². The van der Waals surface area contributed by atoms with Crippen LogP contribution < -0.4 is 10.4 Å². The molecule has 2 unspecified atom stereocenters. The third-order valence-electron chi connectivity index (χ3n) is 6.20. The van der Waals surface area contributed by atoms with Crippen LogP contribution in [0.25, 0.3) is 11.1 Å². The Kier molecular flexibility index (Phi) is 7.29. The van der Waals surface area contributed by atoms with E-state index in [2.05, 4.69) is 6.07 Å². The van der Waals surface area contributed by atoms with Gasteiger partial charge in [-0.2, -0.15) is 0 Å². The second-order valence-corrected chi connectivity index (χ2v) is 12.8. The number of sulfone groups is 2. The van der Waals surface area contributed by atoms with E-state index in [9.17, 15) is 16.8 Å². The number of aryl methyl sites for hydroxylation is 1. The molecule has 0 heterocycles. The van der Waals surface area contributed by atoms with E-state index in [0.717, 1.165) is 5.56 Å². The van der Waals surface area contributed by atoms with Gasteiger partial charge < -0.3 is 0 Å². The summed E-state index contributed by atoms with van der Waals surface area (Å²) in [7, 11) is -7.23. The first-order chi connectivity index (χ1) is 15.5. The third kappa shape index (κ3) is 4.97. The molecule has 0 saturated heterocycles. The molecule has 3 aromatic rings. The van der Waals surface area contributed by atoms with E-state index in [1.165, 1.54) is 0 Å². The van der Waals surface area contributed by atoms with Gasteiger partial charge in [-0.15, -0.1) is 0 Å². The molecule has 4 nitrogen and oxygen atoms in total. The number of hydrogen-bond donors (Lipinski definition) is 0. The van der Waals surface area contributed by atoms with Crippen LogP contribution >= 0.6 is 0 Å². The number of rotatable bonds is 6. The summed E-state index contributed by atoms with van der Waals surface area (Å²) in [6, 6.07) is 23.7. The highest BCUT2D eigenvalue weighted by atomic mass is 32.2. The summed E-state index contributed by atoms with van der Waals surface area (Å²) in [6.45, 7) is 8.79. The summed E-state index contributed by atoms with van der Waals surface area (Å²) in [6.07, 6.45) is 0. The van der Waals surface area contributed by atoms with Crippen molar-refractivity contribution in [3.05, 3.63) is 94.9 Å². The van der Waals surface area contributed by atoms with Crippen molar-refractivity contribution in [3.8, 4) is 0 Å². The lowest BCUT2D eigenvalue weighted by Gasteiger charge is -2.17. The third-order valence-corrected chi connectivity index (χ3v) is 10.6. The molecule has 0 aromatic heterocycles. The maximum atomic E-state index is 13.3. The van der Waals surface area contributed by atoms with Crippen LogP contribution in [0.5, 0.6) is 0 Å². The van der Waals surface area contributed by atoms with Crippen LogP contribution in [0.1, 0.15) is 33.3 Å². The topological polar surface area (TPSA) is 68.3 Å². The predicted octanol–water partition coefficient (Wildman–Crippen LogP) is 3.86. The Balaban J connectivity index is 2.25. The van der Waals surface area contributed by atoms with Gasteiger partial charge in [-0.1, -0.05) is 48.5 Å². The molecule has 33 heavy (non-hydrogen) atoms. The summed E-state index contributed by atoms with van der Waals surface area (Å²) < 4.78 is 53.0. The number of hydrogen-bond acceptors (Lipinski definition) is 4. The minimum atomic E-state index is -3.62. The van der Waals surface area contributed by atoms with Crippen LogP contribution in [-0.4, -0.2) is 27.3 Å². The Bertz CT molecular complexity index is 1470. The van der Waals surface area contributed by atoms with Crippen LogP contribution in [0.4, 0.5) is 0 Å². The number of benzene rings is 3. The van der Waals surface area contributed by atoms with Gasteiger partial charge in [0.1, 0.15) is 0 Å². The molecule has 173 valence electrons. The Morgan fingerprint density at radius 2 is 1.09 bits per heavy atom. The van der Waals surface area contributed by atoms with Gasteiger partial charge in [0.25, 0.3) is 0 Å². The first kappa shape index (κ1) is 24.9. The van der Waals surface area contributed by atoms with Crippen molar-refractivity contribution in [1.82, 2.24) is 0 Å². The highest BCUT2D eigenvalue weighted by molar-refractivity contribution is 7.92. The van der Waals surface area contributed by atoms with Crippen LogP contribution in [0.2, 0.25) is 0 Å². The van der Waals surface area contributed by atoms with Gasteiger partial charge in [0.2, 0.25) is 0 Å². The largest absolute Gasteiger partial charge is 0.223 e. The summed E-state index contributed by atoms with van der Waals surface area (Å²) >= 11 is 0. The normalized spacial score (nSPS) is 16.0. The Morgan fingerprint density at radius 1 is 0.667 bits per heavy atom. The zero-order valence-electron chi connectivity index (χ0n) is 19.5. The Labute approximate surface area is 197 Å². The molecule has 2 atom stereocenters. The molecular weight excluding hydrogens is 452 g/mol. The van der Waals surface area contributed by atoms with Gasteiger partial charge in [-0.05, 0) is 92.1 Å². The molecule has 0 bridgehead atoms. The van der Waals surface area contributed by atoms with Crippen molar-refractivity contribution in [3.63, 3.8) is 0 Å². The SMILES string of the molecule is CC(=c1[c]c(C)ccc1=C(C)C(C)S(=O)(=O)c1ccccc1)C(C)S(=O)(=O)c1ccccc1. The van der Waals surface area contributed by atoms with Crippen LogP contribution in [-0.2, 0) is 19.7 Å². The quantitative estimate of drug-likeness (QED) is 0.536. The monoisotopic (exact) mass is 481 g/mol. The maximum Gasteiger partial charge on any atom is 0.184 e. The lowest BCUT2D eigenvalue weighted by molar-refractivity contribution is 0.590. The summed E-state index contributed by atoms with van der Waals surface area (Å²) in [5, 5.41) is -0.260. The van der Waals surface area contributed by atoms with Crippen molar-refractivity contribution in [2.45, 2.75) is 54.9 Å². The molecule has 3 aromatic carbocycles. The first-order valence-corrected chi connectivity index (χ1v) is 13.9. The summed E-state index contributed by atoms with van der Waals surface area (Å²) in [5.41, 5.74) is 2.12. The van der Waals surface area contributed by atoms with E-state index in [4.69, 9.17) is 0 Å². The minimum absolute atomic E-state index is 0.256. The fourth-order valence-corrected chi connectivity index (χ4v) is 6.82. The van der Waals surface area contributed by atoms with Gasteiger partial charge >= 0.3 is 0 Å². The van der Waals surface area contributed by atoms with Gasteiger partial charge in [-0.3, -0.25) is 0 Å². The predicted molar refractivity (Wildman–Crippen MR) is 134 cm³/mol. The summed E-state index contributed by atoms with van der Waals surface area (Å²) in [5.74, 6) is 0. The fraction of sp³-hybridized carbons (Fsp3) is 0.259. The van der Waals surface area contributed by atoms with E-state index < -0.39 is 30.2 Å². The highest BCUT2D eigenvalue weighted by Gasteiger charge is 2.27. The molecule has 0 N–H and O–H groups in total. The van der Waals surface area contributed by atoms with Gasteiger partial charge in [0, 0.05) is 0 Å². The van der Waals surface area contributed by atoms with Crippen molar-refractivity contribution >= 4 is 30.8 Å². The highest BCUT2D eigenvalue weighted by Crippen LogP contribution is 2.22. The van der Waals surface area contributed by atoms with E-state index in [1.807, 2.05) is 19.1 Å². The average molecular weight is 482 g/mol. The zero-order chi connectivity index (χ0) is 24.4. The molecule has 6 heteroatoms. The van der Waals surface area contributed by atoms with Crippen LogP contribution in [0.3, 0.4) is 0 Å². The average Bonchev–Trinajstić information content (AvgIpc) is 2.83. The first-order valence-electron chi connectivity index (χ1n) is 10.8. The fourth-order valence-electron chi connectivity index (χ4n) is 3.75. The molecular formula is C27H29O4S2. The molecule has 3 rings (SSSR count). The molecule has 0 saturated carbocycles. The lowest BCUT2D eigenvalue weighted by atomic mass is 10.0. The molecule has 0 aliphatic carbocycles. The van der Waals surface area contributed by atoms with E-state index in [0.29, 0.717) is 21.6 Å². The smallest absolute Gasteiger partial charge is 0.184 e. The van der Waals surface area contributed by atoms with Crippen molar-refractivity contribution in [2.75, 3.05) is 0 Å². The molecule has 0 fully saturated rings. The zero-order valence-corrected chi connectivity index (χ0v) is 21.2. The summed E-state index contributed by atoms with van der Waals surface area (Å²) in [4.78, 5) is 0.516. The standard InChI is InChI=1S/C27H29O4S2/c1-19-16-17-26(20(2)22(4)32(28,29)24-12-8-6-9-13-24)27(18-19)21(3)23(5)33(30,31)25-14-10-7-11-15-25/h6-17,22-23H,1-5H3. The van der Waals surface area contributed by atoms with E-state index >= 15 is 0 Å². The molecule has 0 aliphatic heterocycles. The van der Waals surface area contributed by atoms with Crippen molar-refractivity contribution in [2.24, 2.45) is 0 Å². The van der Waals surface area contributed by atoms with Crippen molar-refractivity contribution < 1.29 is 16.8 Å². The van der Waals surface area contributed by atoms with Gasteiger partial charge in [0.15, 0.2) is 19.7 Å². The minimum Gasteiger partial charge on any atom is -0.223 e. The molecule has 0 aliphatic rings. The molecule has 1 radical (unpaired) electrons. The molecule has 0 spiro atoms. The Morgan fingerprint density at radius 3 is 1.55 bits per heavy atom. The van der Waals surface area contributed by atoms with Gasteiger partial charge in [0.05, 0.1) is 20.3 Å². The van der Waals surface area contributed by atoms with E-state index in [1.54, 1.807) is 88.4 Å². The molecule has 0 amide bonds. The second-order valence-electron chi connectivity index (χ2n) is 8.30. The lowest BCUT2D eigenvalue weighted by Crippen LogP contribution is -2.36. The Hall–Kier alpha value is -2.70. The van der Waals surface area contributed by atoms with Crippen molar-refractivity contribution in [1.29, 1.82) is 0 Å². The maximum absolute atomic E-state index is 13.3. The van der Waals surface area contributed by atoms with Crippen LogP contribution in [0, 0.1) is 13.0 Å². The van der Waals surface area contributed by atoms with Crippen LogP contribution in [0.15, 0.2) is 82.6 Å².